The lowest BCUT2D eigenvalue weighted by Gasteiger charge is -2.33. The van der Waals surface area contributed by atoms with E-state index in [-0.39, 0.29) is 18.6 Å². The van der Waals surface area contributed by atoms with Gasteiger partial charge in [0.2, 0.25) is 0 Å². The van der Waals surface area contributed by atoms with Crippen LogP contribution in [0.5, 0.6) is 0 Å². The number of piperidine rings is 1. The van der Waals surface area contributed by atoms with Gasteiger partial charge in [0, 0.05) is 31.5 Å². The topological polar surface area (TPSA) is 104 Å². The molecule has 3 N–H and O–H groups in total. The van der Waals surface area contributed by atoms with E-state index >= 15 is 0 Å². The van der Waals surface area contributed by atoms with Gasteiger partial charge in [-0.3, -0.25) is 4.79 Å². The van der Waals surface area contributed by atoms with Gasteiger partial charge in [-0.15, -0.1) is 0 Å². The summed E-state index contributed by atoms with van der Waals surface area (Å²) in [4.78, 5) is 31.0. The fraction of sp³-hybridized carbons (Fsp3) is 0.458. The van der Waals surface area contributed by atoms with Crippen LogP contribution >= 0.6 is 11.6 Å². The summed E-state index contributed by atoms with van der Waals surface area (Å²) in [7, 11) is 0. The van der Waals surface area contributed by atoms with E-state index in [1.165, 1.54) is 6.20 Å². The number of hydrogen-bond donors (Lipinski definition) is 3. The first-order chi connectivity index (χ1) is 15.6. The molecule has 1 aliphatic heterocycles. The third-order valence-corrected chi connectivity index (χ3v) is 5.55. The van der Waals surface area contributed by atoms with Crippen molar-refractivity contribution < 1.29 is 19.4 Å². The zero-order valence-corrected chi connectivity index (χ0v) is 20.0. The predicted octanol–water partition coefficient (Wildman–Crippen LogP) is 4.54. The summed E-state index contributed by atoms with van der Waals surface area (Å²) in [6, 6.07) is 8.47. The van der Waals surface area contributed by atoms with E-state index in [2.05, 4.69) is 15.6 Å². The number of aliphatic hydroxyl groups excluding tert-OH is 1. The average Bonchev–Trinajstić information content (AvgIpc) is 2.78. The monoisotopic (exact) mass is 474 g/mol. The summed E-state index contributed by atoms with van der Waals surface area (Å²) in [5, 5.41) is 16.2. The smallest absolute Gasteiger partial charge is 0.410 e. The maximum Gasteiger partial charge on any atom is 0.410 e. The Morgan fingerprint density at radius 3 is 2.55 bits per heavy atom. The molecule has 1 aromatic carbocycles. The number of halogens is 1. The Balaban J connectivity index is 1.60. The molecule has 0 radical (unpaired) electrons. The Morgan fingerprint density at radius 2 is 1.94 bits per heavy atom. The summed E-state index contributed by atoms with van der Waals surface area (Å²) in [6.07, 6.45) is 2.86. The standard InChI is InChI=1S/C24H31ClN4O4/c1-24(2,3)33-23(32)29-10-8-16(9-11-29)13-26-20-12-17(15-30)4-6-19(20)22(31)28-21-7-5-18(25)14-27-21/h4-7,12,14,16,26,30H,8-11,13,15H2,1-3H3,(H,27,28,31). The minimum Gasteiger partial charge on any atom is -0.444 e. The first-order valence-corrected chi connectivity index (χ1v) is 11.4. The summed E-state index contributed by atoms with van der Waals surface area (Å²) < 4.78 is 5.46. The molecule has 9 heteroatoms. The van der Waals surface area contributed by atoms with Crippen molar-refractivity contribution in [2.24, 2.45) is 5.92 Å². The van der Waals surface area contributed by atoms with E-state index in [9.17, 15) is 14.7 Å². The lowest BCUT2D eigenvalue weighted by Crippen LogP contribution is -2.42. The van der Waals surface area contributed by atoms with Crippen molar-refractivity contribution in [2.75, 3.05) is 30.3 Å². The highest BCUT2D eigenvalue weighted by atomic mass is 35.5. The number of hydrogen-bond acceptors (Lipinski definition) is 6. The molecule has 0 bridgehead atoms. The molecular formula is C24H31ClN4O4. The third-order valence-electron chi connectivity index (χ3n) is 5.33. The molecule has 0 aliphatic carbocycles. The molecule has 1 fully saturated rings. The van der Waals surface area contributed by atoms with E-state index in [1.807, 2.05) is 20.8 Å². The minimum atomic E-state index is -0.508. The highest BCUT2D eigenvalue weighted by molar-refractivity contribution is 6.30. The molecular weight excluding hydrogens is 444 g/mol. The molecule has 1 aromatic heterocycles. The Morgan fingerprint density at radius 1 is 1.21 bits per heavy atom. The van der Waals surface area contributed by atoms with Gasteiger partial charge in [0.25, 0.3) is 5.91 Å². The molecule has 8 nitrogen and oxygen atoms in total. The molecule has 0 atom stereocenters. The number of benzene rings is 1. The predicted molar refractivity (Wildman–Crippen MR) is 129 cm³/mol. The van der Waals surface area contributed by atoms with E-state index in [4.69, 9.17) is 16.3 Å². The Bertz CT molecular complexity index is 967. The zero-order chi connectivity index (χ0) is 24.0. The van der Waals surface area contributed by atoms with Crippen molar-refractivity contribution in [3.8, 4) is 0 Å². The van der Waals surface area contributed by atoms with Crippen molar-refractivity contribution in [1.29, 1.82) is 0 Å². The van der Waals surface area contributed by atoms with Gasteiger partial charge in [-0.1, -0.05) is 17.7 Å². The molecule has 178 valence electrons. The summed E-state index contributed by atoms with van der Waals surface area (Å²) in [6.45, 7) is 7.37. The van der Waals surface area contributed by atoms with Gasteiger partial charge in [-0.05, 0) is 69.4 Å². The molecule has 2 heterocycles. The van der Waals surface area contributed by atoms with Crippen LogP contribution in [-0.2, 0) is 11.3 Å². The number of nitrogens with zero attached hydrogens (tertiary/aromatic N) is 2. The molecule has 1 aliphatic rings. The molecule has 3 rings (SSSR count). The molecule has 0 saturated carbocycles. The average molecular weight is 475 g/mol. The molecule has 2 aromatic rings. The van der Waals surface area contributed by atoms with Crippen molar-refractivity contribution in [1.82, 2.24) is 9.88 Å². The number of aromatic nitrogens is 1. The van der Waals surface area contributed by atoms with Crippen molar-refractivity contribution in [3.63, 3.8) is 0 Å². The summed E-state index contributed by atoms with van der Waals surface area (Å²) in [5.41, 5.74) is 1.29. The second-order valence-corrected chi connectivity index (χ2v) is 9.58. The molecule has 0 unspecified atom stereocenters. The molecule has 1 saturated heterocycles. The van der Waals surface area contributed by atoms with Crippen LogP contribution < -0.4 is 10.6 Å². The van der Waals surface area contributed by atoms with Crippen molar-refractivity contribution in [2.45, 2.75) is 45.8 Å². The third kappa shape index (κ3) is 7.33. The molecule has 2 amide bonds. The number of nitrogens with one attached hydrogen (secondary N) is 2. The minimum absolute atomic E-state index is 0.121. The lowest BCUT2D eigenvalue weighted by atomic mass is 9.96. The van der Waals surface area contributed by atoms with Crippen LogP contribution in [0.1, 0.15) is 49.5 Å². The van der Waals surface area contributed by atoms with Crippen molar-refractivity contribution >= 4 is 35.1 Å². The highest BCUT2D eigenvalue weighted by Crippen LogP contribution is 2.24. The normalized spacial score (nSPS) is 14.6. The van der Waals surface area contributed by atoms with E-state index in [0.29, 0.717) is 53.2 Å². The fourth-order valence-corrected chi connectivity index (χ4v) is 3.68. The SMILES string of the molecule is CC(C)(C)OC(=O)N1CCC(CNc2cc(CO)ccc2C(=O)Nc2ccc(Cl)cn2)CC1. The van der Waals surface area contributed by atoms with Gasteiger partial charge in [0.1, 0.15) is 11.4 Å². The van der Waals surface area contributed by atoms with Crippen LogP contribution in [-0.4, -0.2) is 52.2 Å². The van der Waals surface area contributed by atoms with Gasteiger partial charge in [0.15, 0.2) is 0 Å². The van der Waals surface area contributed by atoms with Crippen LogP contribution in [0.3, 0.4) is 0 Å². The van der Waals surface area contributed by atoms with Gasteiger partial charge >= 0.3 is 6.09 Å². The number of carbonyl (C=O) groups excluding carboxylic acids is 2. The number of likely N-dealkylation sites (tertiary alicyclic amines) is 1. The fourth-order valence-electron chi connectivity index (χ4n) is 3.57. The number of aliphatic hydroxyl groups is 1. The molecule has 0 spiro atoms. The second kappa shape index (κ2) is 10.9. The molecule has 33 heavy (non-hydrogen) atoms. The van der Waals surface area contributed by atoms with Gasteiger partial charge < -0.3 is 25.4 Å². The van der Waals surface area contributed by atoms with Crippen LogP contribution in [0.15, 0.2) is 36.5 Å². The second-order valence-electron chi connectivity index (χ2n) is 9.15. The van der Waals surface area contributed by atoms with E-state index in [0.717, 1.165) is 12.8 Å². The number of rotatable bonds is 6. The first-order valence-electron chi connectivity index (χ1n) is 11.0. The first kappa shape index (κ1) is 24.8. The maximum absolute atomic E-state index is 12.9. The van der Waals surface area contributed by atoms with Crippen LogP contribution in [0.2, 0.25) is 5.02 Å². The highest BCUT2D eigenvalue weighted by Gasteiger charge is 2.27. The number of anilines is 2. The number of pyridine rings is 1. The Labute approximate surface area is 199 Å². The Hall–Kier alpha value is -2.84. The van der Waals surface area contributed by atoms with Gasteiger partial charge in [0.05, 0.1) is 17.2 Å². The van der Waals surface area contributed by atoms with E-state index < -0.39 is 5.60 Å². The summed E-state index contributed by atoms with van der Waals surface area (Å²) >= 11 is 5.86. The Kier molecular flexibility index (Phi) is 8.15. The van der Waals surface area contributed by atoms with Gasteiger partial charge in [-0.2, -0.15) is 0 Å². The zero-order valence-electron chi connectivity index (χ0n) is 19.2. The van der Waals surface area contributed by atoms with Crippen LogP contribution in [0.25, 0.3) is 0 Å². The number of ether oxygens (including phenoxy) is 1. The number of amides is 2. The van der Waals surface area contributed by atoms with Crippen LogP contribution in [0, 0.1) is 5.92 Å². The van der Waals surface area contributed by atoms with Crippen molar-refractivity contribution in [3.05, 3.63) is 52.7 Å². The lowest BCUT2D eigenvalue weighted by molar-refractivity contribution is 0.0188. The van der Waals surface area contributed by atoms with E-state index in [1.54, 1.807) is 35.2 Å². The van der Waals surface area contributed by atoms with Crippen LogP contribution in [0.4, 0.5) is 16.3 Å². The largest absolute Gasteiger partial charge is 0.444 e. The quantitative estimate of drug-likeness (QED) is 0.568. The number of carbonyl (C=O) groups is 2. The summed E-state index contributed by atoms with van der Waals surface area (Å²) in [5.74, 6) is 0.433. The maximum atomic E-state index is 12.9. The van der Waals surface area contributed by atoms with Gasteiger partial charge in [-0.25, -0.2) is 9.78 Å².